The molecule has 7 nitrogen and oxygen atoms in total. The Morgan fingerprint density at radius 2 is 1.98 bits per heavy atom. The Morgan fingerprint density at radius 3 is 2.77 bits per heavy atom. The van der Waals surface area contributed by atoms with Crippen LogP contribution in [-0.4, -0.2) is 70.4 Å². The maximum atomic E-state index is 16.8. The van der Waals surface area contributed by atoms with E-state index in [2.05, 4.69) is 32.6 Å². The molecule has 5 heterocycles. The predicted molar refractivity (Wildman–Crippen MR) is 167 cm³/mol. The standard InChI is InChI=1S/C35H33F2N5O2/c1-3-21-6-4-7-22-12-25(43)13-26(29(21)22)30-28(36)14-27-32(31(30)37)39-34(40-33(27)41-17-23-8-9-24(18-41)38-23)44-19-35-10-5-11-42(35)16-20(2)15-35/h1,4,6-7,12-14,23-24,38,43H,2,5,8-11,15-19H2. The van der Waals surface area contributed by atoms with Crippen molar-refractivity contribution in [3.63, 3.8) is 0 Å². The van der Waals surface area contributed by atoms with Crippen LogP contribution in [0.1, 0.15) is 37.7 Å². The lowest BCUT2D eigenvalue weighted by Crippen LogP contribution is -2.51. The number of rotatable bonds is 5. The number of ether oxygens (including phenoxy) is 1. The van der Waals surface area contributed by atoms with Gasteiger partial charge in [-0.15, -0.1) is 6.42 Å². The molecule has 4 saturated heterocycles. The first-order valence-corrected chi connectivity index (χ1v) is 15.3. The largest absolute Gasteiger partial charge is 0.508 e. The molecule has 4 aliphatic rings. The van der Waals surface area contributed by atoms with Gasteiger partial charge >= 0.3 is 6.01 Å². The van der Waals surface area contributed by atoms with Crippen LogP contribution in [0.5, 0.6) is 11.8 Å². The van der Waals surface area contributed by atoms with Crippen molar-refractivity contribution in [2.24, 2.45) is 0 Å². The summed E-state index contributed by atoms with van der Waals surface area (Å²) < 4.78 is 39.4. The lowest BCUT2D eigenvalue weighted by atomic mass is 9.93. The minimum Gasteiger partial charge on any atom is -0.508 e. The van der Waals surface area contributed by atoms with Crippen molar-refractivity contribution in [1.82, 2.24) is 20.2 Å². The molecule has 4 aliphatic heterocycles. The van der Waals surface area contributed by atoms with Crippen LogP contribution >= 0.6 is 0 Å². The van der Waals surface area contributed by atoms with Crippen LogP contribution in [-0.2, 0) is 0 Å². The van der Waals surface area contributed by atoms with Gasteiger partial charge in [-0.1, -0.05) is 30.2 Å². The lowest BCUT2D eigenvalue weighted by Gasteiger charge is -2.34. The molecular formula is C35H33F2N5O2. The summed E-state index contributed by atoms with van der Waals surface area (Å²) in [6, 6.07) is 10.1. The van der Waals surface area contributed by atoms with Gasteiger partial charge in [0, 0.05) is 53.6 Å². The minimum absolute atomic E-state index is 0.0291. The maximum absolute atomic E-state index is 16.8. The maximum Gasteiger partial charge on any atom is 0.319 e. The van der Waals surface area contributed by atoms with Crippen molar-refractivity contribution in [3.05, 3.63) is 65.7 Å². The van der Waals surface area contributed by atoms with E-state index in [0.29, 0.717) is 41.9 Å². The molecule has 0 spiro atoms. The van der Waals surface area contributed by atoms with Gasteiger partial charge in [0.25, 0.3) is 0 Å². The fourth-order valence-electron chi connectivity index (χ4n) is 8.06. The molecule has 224 valence electrons. The van der Waals surface area contributed by atoms with E-state index < -0.39 is 11.6 Å². The molecule has 0 aliphatic carbocycles. The topological polar surface area (TPSA) is 73.8 Å². The molecule has 0 saturated carbocycles. The van der Waals surface area contributed by atoms with Crippen molar-refractivity contribution in [1.29, 1.82) is 0 Å². The van der Waals surface area contributed by atoms with Crippen molar-refractivity contribution in [2.75, 3.05) is 37.7 Å². The van der Waals surface area contributed by atoms with Crippen LogP contribution in [0, 0.1) is 24.0 Å². The Labute approximate surface area is 254 Å². The van der Waals surface area contributed by atoms with E-state index in [0.717, 1.165) is 45.2 Å². The van der Waals surface area contributed by atoms with Gasteiger partial charge in [-0.2, -0.15) is 9.97 Å². The lowest BCUT2D eigenvalue weighted by molar-refractivity contribution is 0.108. The van der Waals surface area contributed by atoms with Gasteiger partial charge < -0.3 is 20.1 Å². The molecule has 9 heteroatoms. The summed E-state index contributed by atoms with van der Waals surface area (Å²) in [7, 11) is 0. The van der Waals surface area contributed by atoms with Crippen LogP contribution in [0.3, 0.4) is 0 Å². The fourth-order valence-corrected chi connectivity index (χ4v) is 8.06. The molecule has 0 radical (unpaired) electrons. The van der Waals surface area contributed by atoms with Gasteiger partial charge in [0.05, 0.1) is 11.1 Å². The molecule has 3 unspecified atom stereocenters. The second-order valence-electron chi connectivity index (χ2n) is 12.8. The quantitative estimate of drug-likeness (QED) is 0.233. The molecular weight excluding hydrogens is 560 g/mol. The zero-order valence-corrected chi connectivity index (χ0v) is 24.4. The average molecular weight is 594 g/mol. The number of hydrogen-bond donors (Lipinski definition) is 2. The van der Waals surface area contributed by atoms with Gasteiger partial charge in [-0.3, -0.25) is 4.90 Å². The Bertz CT molecular complexity index is 1890. The minimum atomic E-state index is -0.847. The first kappa shape index (κ1) is 27.3. The molecule has 4 fully saturated rings. The molecule has 8 rings (SSSR count). The molecule has 44 heavy (non-hydrogen) atoms. The second-order valence-corrected chi connectivity index (χ2v) is 12.8. The average Bonchev–Trinajstić information content (AvgIpc) is 3.65. The zero-order chi connectivity index (χ0) is 30.2. The third kappa shape index (κ3) is 4.31. The van der Waals surface area contributed by atoms with Gasteiger partial charge in [0.2, 0.25) is 0 Å². The van der Waals surface area contributed by atoms with Gasteiger partial charge in [-0.25, -0.2) is 8.78 Å². The first-order chi connectivity index (χ1) is 21.3. The van der Waals surface area contributed by atoms with Crippen molar-refractivity contribution in [3.8, 4) is 35.2 Å². The Hall–Kier alpha value is -4.26. The van der Waals surface area contributed by atoms with E-state index in [1.165, 1.54) is 23.8 Å². The van der Waals surface area contributed by atoms with Gasteiger partial charge in [-0.05, 0) is 68.3 Å². The highest BCUT2D eigenvalue weighted by Gasteiger charge is 2.46. The van der Waals surface area contributed by atoms with Crippen LogP contribution in [0.4, 0.5) is 14.6 Å². The highest BCUT2D eigenvalue weighted by molar-refractivity contribution is 6.04. The van der Waals surface area contributed by atoms with Crippen molar-refractivity contribution >= 4 is 27.5 Å². The molecule has 3 aromatic carbocycles. The van der Waals surface area contributed by atoms with Crippen LogP contribution in [0.25, 0.3) is 32.8 Å². The van der Waals surface area contributed by atoms with E-state index in [4.69, 9.17) is 16.1 Å². The first-order valence-electron chi connectivity index (χ1n) is 15.3. The summed E-state index contributed by atoms with van der Waals surface area (Å²) >= 11 is 0. The van der Waals surface area contributed by atoms with Gasteiger partial charge in [0.1, 0.15) is 29.5 Å². The molecule has 2 bridgehead atoms. The number of piperazine rings is 1. The van der Waals surface area contributed by atoms with E-state index in [1.54, 1.807) is 18.2 Å². The molecule has 1 aromatic heterocycles. The van der Waals surface area contributed by atoms with Crippen molar-refractivity contribution < 1.29 is 18.6 Å². The van der Waals surface area contributed by atoms with Gasteiger partial charge in [0.15, 0.2) is 5.82 Å². The third-order valence-electron chi connectivity index (χ3n) is 9.95. The highest BCUT2D eigenvalue weighted by Crippen LogP contribution is 2.43. The summed E-state index contributed by atoms with van der Waals surface area (Å²) in [5.41, 5.74) is 1.32. The second kappa shape index (κ2) is 10.1. The molecule has 3 atom stereocenters. The number of hydrogen-bond acceptors (Lipinski definition) is 7. The van der Waals surface area contributed by atoms with E-state index in [-0.39, 0.29) is 51.4 Å². The van der Waals surface area contributed by atoms with E-state index in [1.807, 2.05) is 0 Å². The molecule has 0 amide bonds. The Morgan fingerprint density at radius 1 is 1.16 bits per heavy atom. The number of halogens is 2. The highest BCUT2D eigenvalue weighted by atomic mass is 19.1. The van der Waals surface area contributed by atoms with Crippen LogP contribution in [0.2, 0.25) is 0 Å². The number of aromatic nitrogens is 2. The monoisotopic (exact) mass is 593 g/mol. The van der Waals surface area contributed by atoms with E-state index >= 15 is 8.78 Å². The van der Waals surface area contributed by atoms with Crippen molar-refractivity contribution in [2.45, 2.75) is 49.7 Å². The summed E-state index contributed by atoms with van der Waals surface area (Å²) in [5.74, 6) is 1.34. The van der Waals surface area contributed by atoms with Crippen LogP contribution < -0.4 is 15.0 Å². The normalized spacial score (nSPS) is 24.8. The number of terminal acetylenes is 1. The number of aromatic hydroxyl groups is 1. The number of anilines is 1. The van der Waals surface area contributed by atoms with E-state index in [9.17, 15) is 5.11 Å². The summed E-state index contributed by atoms with van der Waals surface area (Å²) in [6.07, 6.45) is 10.8. The third-order valence-corrected chi connectivity index (χ3v) is 9.95. The molecule has 4 aromatic rings. The SMILES string of the molecule is C#Cc1cccc2cc(O)cc(-c3c(F)cc4c(N5CC6CCC(C5)N6)nc(OCC56CCCN5CC(=C)C6)nc4c3F)c12. The molecule has 2 N–H and O–H groups in total. The number of benzene rings is 3. The fraction of sp³-hybridized carbons (Fsp3) is 0.371. The summed E-state index contributed by atoms with van der Waals surface area (Å²) in [5, 5.41) is 15.5. The number of phenolic OH excluding ortho intramolecular Hbond substituents is 1. The predicted octanol–water partition coefficient (Wildman–Crippen LogP) is 5.53. The number of phenols is 1. The summed E-state index contributed by atoms with van der Waals surface area (Å²) in [6.45, 7) is 7.77. The number of nitrogens with zero attached hydrogens (tertiary/aromatic N) is 4. The smallest absolute Gasteiger partial charge is 0.319 e. The van der Waals surface area contributed by atoms with Crippen LogP contribution in [0.15, 0.2) is 48.6 Å². The Kier molecular flexibility index (Phi) is 6.30. The number of nitrogens with one attached hydrogen (secondary N) is 1. The Balaban J connectivity index is 1.30. The zero-order valence-electron chi connectivity index (χ0n) is 24.4. The number of fused-ring (bicyclic) bond motifs is 5. The summed E-state index contributed by atoms with van der Waals surface area (Å²) in [4.78, 5) is 13.9.